The minimum absolute atomic E-state index is 0.185. The predicted molar refractivity (Wildman–Crippen MR) is 115 cm³/mol. The van der Waals surface area contributed by atoms with Crippen LogP contribution in [0.15, 0.2) is 101 Å². The summed E-state index contributed by atoms with van der Waals surface area (Å²) >= 11 is 0. The van der Waals surface area contributed by atoms with Crippen LogP contribution in [0.25, 0.3) is 16.9 Å². The van der Waals surface area contributed by atoms with Gasteiger partial charge in [-0.15, -0.1) is 0 Å². The monoisotopic (exact) mass is 418 g/mol. The molecule has 3 aromatic carbocycles. The lowest BCUT2D eigenvalue weighted by molar-refractivity contribution is 0.483. The van der Waals surface area contributed by atoms with Gasteiger partial charge in [0.25, 0.3) is 5.56 Å². The van der Waals surface area contributed by atoms with E-state index in [0.29, 0.717) is 17.1 Å². The van der Waals surface area contributed by atoms with E-state index in [0.717, 1.165) is 17.6 Å². The Morgan fingerprint density at radius 3 is 2.03 bits per heavy atom. The van der Waals surface area contributed by atoms with Crippen molar-refractivity contribution < 1.29 is 13.2 Å². The van der Waals surface area contributed by atoms with E-state index >= 15 is 0 Å². The van der Waals surface area contributed by atoms with Crippen molar-refractivity contribution >= 4 is 9.84 Å². The van der Waals surface area contributed by atoms with Gasteiger partial charge in [-0.25, -0.2) is 8.42 Å². The third kappa shape index (κ3) is 4.31. The number of sulfone groups is 1. The summed E-state index contributed by atoms with van der Waals surface area (Å²) in [5.41, 5.74) is 1.60. The average molecular weight is 418 g/mol. The Morgan fingerprint density at radius 2 is 1.40 bits per heavy atom. The normalized spacial score (nSPS) is 11.2. The molecule has 1 heterocycles. The molecule has 0 unspecified atom stereocenters. The van der Waals surface area contributed by atoms with E-state index in [4.69, 9.17) is 4.74 Å². The standard InChI is InChI=1S/C23H18N2O4S/c1-30(27,28)21-13-9-18(10-14-21)25-23(26)16-15-22(24-25)17-7-11-20(12-8-17)29-19-5-3-2-4-6-19/h2-16H,1H3. The number of aromatic nitrogens is 2. The highest BCUT2D eigenvalue weighted by Crippen LogP contribution is 2.24. The minimum Gasteiger partial charge on any atom is -0.457 e. The molecule has 0 spiro atoms. The first-order valence-corrected chi connectivity index (χ1v) is 11.0. The Bertz CT molecular complexity index is 1330. The molecule has 0 saturated carbocycles. The van der Waals surface area contributed by atoms with E-state index in [1.165, 1.54) is 22.9 Å². The molecule has 0 aliphatic carbocycles. The van der Waals surface area contributed by atoms with Crippen LogP contribution < -0.4 is 10.3 Å². The molecule has 0 radical (unpaired) electrons. The summed E-state index contributed by atoms with van der Waals surface area (Å²) in [7, 11) is -3.31. The quantitative estimate of drug-likeness (QED) is 0.488. The summed E-state index contributed by atoms with van der Waals surface area (Å²) < 4.78 is 30.3. The molecule has 30 heavy (non-hydrogen) atoms. The molecule has 0 amide bonds. The fraction of sp³-hybridized carbons (Fsp3) is 0.0435. The zero-order valence-electron chi connectivity index (χ0n) is 16.1. The van der Waals surface area contributed by atoms with Crippen LogP contribution in [-0.4, -0.2) is 24.5 Å². The van der Waals surface area contributed by atoms with Gasteiger partial charge in [0.1, 0.15) is 11.5 Å². The Hall–Kier alpha value is -3.71. The molecule has 4 rings (SSSR count). The Morgan fingerprint density at radius 1 is 0.767 bits per heavy atom. The van der Waals surface area contributed by atoms with E-state index in [9.17, 15) is 13.2 Å². The molecule has 150 valence electrons. The fourth-order valence-corrected chi connectivity index (χ4v) is 3.53. The van der Waals surface area contributed by atoms with Crippen LogP contribution in [0.3, 0.4) is 0 Å². The molecule has 0 N–H and O–H groups in total. The fourth-order valence-electron chi connectivity index (χ4n) is 2.90. The van der Waals surface area contributed by atoms with Gasteiger partial charge in [-0.2, -0.15) is 9.78 Å². The van der Waals surface area contributed by atoms with Gasteiger partial charge in [-0.1, -0.05) is 18.2 Å². The number of nitrogens with zero attached hydrogens (tertiary/aromatic N) is 2. The molecule has 1 aromatic heterocycles. The van der Waals surface area contributed by atoms with E-state index in [-0.39, 0.29) is 10.5 Å². The second-order valence-corrected chi connectivity index (χ2v) is 8.69. The van der Waals surface area contributed by atoms with Crippen molar-refractivity contribution in [1.29, 1.82) is 0 Å². The number of para-hydroxylation sites is 1. The third-order valence-corrected chi connectivity index (χ3v) is 5.57. The van der Waals surface area contributed by atoms with Crippen molar-refractivity contribution in [2.45, 2.75) is 4.90 Å². The highest BCUT2D eigenvalue weighted by atomic mass is 32.2. The van der Waals surface area contributed by atoms with Gasteiger partial charge in [-0.3, -0.25) is 4.79 Å². The summed E-state index contributed by atoms with van der Waals surface area (Å²) in [4.78, 5) is 12.5. The van der Waals surface area contributed by atoms with Crippen LogP contribution in [0.4, 0.5) is 0 Å². The van der Waals surface area contributed by atoms with Gasteiger partial charge in [0, 0.05) is 17.9 Å². The first-order valence-electron chi connectivity index (χ1n) is 9.14. The lowest BCUT2D eigenvalue weighted by Crippen LogP contribution is -2.20. The second kappa shape index (κ2) is 7.96. The molecule has 7 heteroatoms. The maximum atomic E-state index is 12.3. The van der Waals surface area contributed by atoms with Crippen molar-refractivity contribution in [3.63, 3.8) is 0 Å². The summed E-state index contributed by atoms with van der Waals surface area (Å²) in [6, 6.07) is 26.0. The number of ether oxygens (including phenoxy) is 1. The molecule has 0 bridgehead atoms. The molecule has 0 fully saturated rings. The largest absolute Gasteiger partial charge is 0.457 e. The molecule has 4 aromatic rings. The number of hydrogen-bond acceptors (Lipinski definition) is 5. The third-order valence-electron chi connectivity index (χ3n) is 4.44. The zero-order chi connectivity index (χ0) is 21.1. The summed E-state index contributed by atoms with van der Waals surface area (Å²) in [5.74, 6) is 1.43. The van der Waals surface area contributed by atoms with Gasteiger partial charge >= 0.3 is 0 Å². The highest BCUT2D eigenvalue weighted by molar-refractivity contribution is 7.90. The molecule has 6 nitrogen and oxygen atoms in total. The molecule has 0 aliphatic heterocycles. The van der Waals surface area contributed by atoms with Crippen molar-refractivity contribution in [2.75, 3.05) is 6.26 Å². The van der Waals surface area contributed by atoms with Crippen molar-refractivity contribution in [3.05, 3.63) is 101 Å². The predicted octanol–water partition coefficient (Wildman–Crippen LogP) is 4.10. The lowest BCUT2D eigenvalue weighted by atomic mass is 10.1. The van der Waals surface area contributed by atoms with Gasteiger partial charge < -0.3 is 4.74 Å². The zero-order valence-corrected chi connectivity index (χ0v) is 16.9. The summed E-state index contributed by atoms with van der Waals surface area (Å²) in [6.07, 6.45) is 1.14. The Labute approximate surface area is 173 Å². The van der Waals surface area contributed by atoms with E-state index in [1.54, 1.807) is 18.2 Å². The SMILES string of the molecule is CS(=O)(=O)c1ccc(-n2nc(-c3ccc(Oc4ccccc4)cc3)ccc2=O)cc1. The smallest absolute Gasteiger partial charge is 0.271 e. The molecule has 0 saturated heterocycles. The van der Waals surface area contributed by atoms with Crippen LogP contribution in [0, 0.1) is 0 Å². The van der Waals surface area contributed by atoms with E-state index in [1.807, 2.05) is 54.6 Å². The molecular formula is C23H18N2O4S. The minimum atomic E-state index is -3.31. The molecule has 0 aliphatic rings. The molecule has 0 atom stereocenters. The van der Waals surface area contributed by atoms with Crippen molar-refractivity contribution in [1.82, 2.24) is 9.78 Å². The molecular weight excluding hydrogens is 400 g/mol. The first kappa shape index (κ1) is 19.6. The van der Waals surface area contributed by atoms with E-state index in [2.05, 4.69) is 5.10 Å². The topological polar surface area (TPSA) is 78.3 Å². The Balaban J connectivity index is 1.62. The van der Waals surface area contributed by atoms with Gasteiger partial charge in [0.15, 0.2) is 9.84 Å². The number of hydrogen-bond donors (Lipinski definition) is 0. The average Bonchev–Trinajstić information content (AvgIpc) is 2.75. The van der Waals surface area contributed by atoms with Crippen LogP contribution in [0.1, 0.15) is 0 Å². The maximum Gasteiger partial charge on any atom is 0.271 e. The van der Waals surface area contributed by atoms with Gasteiger partial charge in [0.2, 0.25) is 0 Å². The maximum absolute atomic E-state index is 12.3. The second-order valence-electron chi connectivity index (χ2n) is 6.67. The lowest BCUT2D eigenvalue weighted by Gasteiger charge is -2.09. The highest BCUT2D eigenvalue weighted by Gasteiger charge is 2.09. The summed E-state index contributed by atoms with van der Waals surface area (Å²) in [5, 5.41) is 4.43. The van der Waals surface area contributed by atoms with Gasteiger partial charge in [-0.05, 0) is 66.7 Å². The van der Waals surface area contributed by atoms with Crippen molar-refractivity contribution in [2.24, 2.45) is 0 Å². The number of benzene rings is 3. The number of rotatable bonds is 5. The van der Waals surface area contributed by atoms with Crippen molar-refractivity contribution in [3.8, 4) is 28.4 Å². The van der Waals surface area contributed by atoms with Crippen LogP contribution in [0.5, 0.6) is 11.5 Å². The summed E-state index contributed by atoms with van der Waals surface area (Å²) in [6.45, 7) is 0. The van der Waals surface area contributed by atoms with Gasteiger partial charge in [0.05, 0.1) is 16.3 Å². The van der Waals surface area contributed by atoms with Crippen LogP contribution in [0.2, 0.25) is 0 Å². The van der Waals surface area contributed by atoms with Crippen LogP contribution >= 0.6 is 0 Å². The van der Waals surface area contributed by atoms with E-state index < -0.39 is 9.84 Å². The first-order chi connectivity index (χ1) is 14.4. The van der Waals surface area contributed by atoms with Crippen LogP contribution in [-0.2, 0) is 9.84 Å². The Kier molecular flexibility index (Phi) is 5.20.